The van der Waals surface area contributed by atoms with E-state index in [4.69, 9.17) is 10.5 Å². The number of likely N-dealkylation sites (tertiary alicyclic amines) is 1. The Balaban J connectivity index is 1.28. The molecule has 9 nitrogen and oxygen atoms in total. The molecule has 0 spiro atoms. The zero-order chi connectivity index (χ0) is 33.7. The van der Waals surface area contributed by atoms with Crippen molar-refractivity contribution in [2.24, 2.45) is 11.3 Å². The van der Waals surface area contributed by atoms with Crippen molar-refractivity contribution in [3.63, 3.8) is 0 Å². The smallest absolute Gasteiger partial charge is 0.417 e. The van der Waals surface area contributed by atoms with E-state index in [0.717, 1.165) is 43.9 Å². The van der Waals surface area contributed by atoms with Gasteiger partial charge in [-0.05, 0) is 43.4 Å². The van der Waals surface area contributed by atoms with Crippen molar-refractivity contribution in [2.75, 3.05) is 43.4 Å². The molecule has 3 saturated heterocycles. The Morgan fingerprint density at radius 3 is 2.52 bits per heavy atom. The molecule has 48 heavy (non-hydrogen) atoms. The first-order valence-corrected chi connectivity index (χ1v) is 16.6. The average molecular weight is 684 g/mol. The number of piperazine rings is 1. The predicted octanol–water partition coefficient (Wildman–Crippen LogP) is 5.84. The van der Waals surface area contributed by atoms with Crippen LogP contribution in [0.1, 0.15) is 43.7 Å². The number of anilines is 2. The molecule has 4 fully saturated rings. The Kier molecular flexibility index (Phi) is 7.02. The van der Waals surface area contributed by atoms with Crippen LogP contribution >= 0.6 is 11.3 Å². The number of nitrogens with zero attached hydrogens (tertiary/aromatic N) is 5. The Morgan fingerprint density at radius 1 is 1.17 bits per heavy atom. The lowest BCUT2D eigenvalue weighted by atomic mass is 9.82. The summed E-state index contributed by atoms with van der Waals surface area (Å²) in [6.07, 6.45) is -1.47. The fourth-order valence-corrected chi connectivity index (χ4v) is 8.36. The molecule has 1 aliphatic carbocycles. The van der Waals surface area contributed by atoms with Crippen molar-refractivity contribution in [3.8, 4) is 23.2 Å². The highest BCUT2D eigenvalue weighted by molar-refractivity contribution is 7.23. The van der Waals surface area contributed by atoms with Crippen molar-refractivity contribution in [1.29, 1.82) is 5.26 Å². The van der Waals surface area contributed by atoms with E-state index in [9.17, 15) is 27.6 Å². The number of nitrogens with two attached hydrogens (primary N) is 1. The van der Waals surface area contributed by atoms with Crippen molar-refractivity contribution in [1.82, 2.24) is 20.2 Å². The van der Waals surface area contributed by atoms with Gasteiger partial charge in [-0.15, -0.1) is 11.3 Å². The van der Waals surface area contributed by atoms with Gasteiger partial charge in [0, 0.05) is 65.9 Å². The highest BCUT2D eigenvalue weighted by Gasteiger charge is 2.46. The zero-order valence-corrected chi connectivity index (χ0v) is 26.6. The molecule has 2 aromatic carbocycles. The number of nitrogens with one attached hydrogen (secondary N) is 1. The first-order valence-electron chi connectivity index (χ1n) is 15.8. The number of thiophene rings is 1. The molecule has 4 aliphatic rings. The molecule has 4 aromatic rings. The second kappa shape index (κ2) is 10.9. The first kappa shape index (κ1) is 31.0. The molecule has 3 aliphatic heterocycles. The number of aromatic nitrogens is 2. The molecule has 1 amide bonds. The van der Waals surface area contributed by atoms with Crippen LogP contribution in [0, 0.1) is 34.3 Å². The third-order valence-corrected chi connectivity index (χ3v) is 10.9. The molecule has 15 heteroatoms. The molecule has 2 bridgehead atoms. The van der Waals surface area contributed by atoms with E-state index < -0.39 is 39.9 Å². The summed E-state index contributed by atoms with van der Waals surface area (Å²) in [5.41, 5.74) is 2.41. The van der Waals surface area contributed by atoms with E-state index in [0.29, 0.717) is 37.5 Å². The molecule has 2 atom stereocenters. The maximum absolute atomic E-state index is 17.0. The van der Waals surface area contributed by atoms with E-state index >= 15 is 4.39 Å². The second-order valence-corrected chi connectivity index (χ2v) is 14.8. The molecule has 2 unspecified atom stereocenters. The molecule has 250 valence electrons. The number of hydrogen-bond donors (Lipinski definition) is 2. The average Bonchev–Trinajstić information content (AvgIpc) is 3.75. The standard InChI is InChI=1S/C33H30F5N7O2S/c1-32(12-45(13-32)30(46)15-2-3-15)14-47-31-42-26-19(29(43-31)44-10-16-4-5-17(11-44)41-16)8-21(33(36,37)38)24(25(26)35)18-6-7-22(34)27-23(18)20(9-39)28(40)48-27/h6-8,15-17,41H,2-5,10-14,40H2,1H3. The number of ether oxygens (including phenoxy) is 1. The van der Waals surface area contributed by atoms with Gasteiger partial charge in [-0.2, -0.15) is 28.4 Å². The van der Waals surface area contributed by atoms with Crippen LogP contribution in [0.5, 0.6) is 6.01 Å². The zero-order valence-electron chi connectivity index (χ0n) is 25.8. The number of fused-ring (bicyclic) bond motifs is 4. The van der Waals surface area contributed by atoms with Crippen LogP contribution in [-0.2, 0) is 11.0 Å². The van der Waals surface area contributed by atoms with Crippen LogP contribution in [0.25, 0.3) is 32.1 Å². The fraction of sp³-hybridized carbons (Fsp3) is 0.455. The Morgan fingerprint density at radius 2 is 1.88 bits per heavy atom. The monoisotopic (exact) mass is 683 g/mol. The molecule has 3 N–H and O–H groups in total. The highest BCUT2D eigenvalue weighted by atomic mass is 32.1. The quantitative estimate of drug-likeness (QED) is 0.244. The summed E-state index contributed by atoms with van der Waals surface area (Å²) < 4.78 is 82.4. The van der Waals surface area contributed by atoms with E-state index in [2.05, 4.69) is 15.3 Å². The van der Waals surface area contributed by atoms with Crippen LogP contribution in [0.15, 0.2) is 18.2 Å². The lowest BCUT2D eigenvalue weighted by Crippen LogP contribution is -2.59. The predicted molar refractivity (Wildman–Crippen MR) is 169 cm³/mol. The van der Waals surface area contributed by atoms with Crippen LogP contribution in [0.3, 0.4) is 0 Å². The maximum atomic E-state index is 17.0. The van der Waals surface area contributed by atoms with Crippen LogP contribution in [0.4, 0.5) is 32.8 Å². The number of nitriles is 1. The molecular formula is C33H30F5N7O2S. The van der Waals surface area contributed by atoms with Gasteiger partial charge in [-0.25, -0.2) is 8.78 Å². The Labute approximate surface area is 275 Å². The summed E-state index contributed by atoms with van der Waals surface area (Å²) in [6, 6.07) is 4.62. The molecule has 0 radical (unpaired) electrons. The molecule has 2 aromatic heterocycles. The van der Waals surface area contributed by atoms with Gasteiger partial charge in [-0.3, -0.25) is 4.79 Å². The molecular weight excluding hydrogens is 653 g/mol. The lowest BCUT2D eigenvalue weighted by Gasteiger charge is -2.47. The number of carbonyl (C=O) groups is 1. The maximum Gasteiger partial charge on any atom is 0.417 e. The number of amides is 1. The number of alkyl halides is 3. The van der Waals surface area contributed by atoms with Gasteiger partial charge < -0.3 is 25.6 Å². The Hall–Kier alpha value is -4.29. The Bertz CT molecular complexity index is 2040. The molecule has 5 heterocycles. The fourth-order valence-electron chi connectivity index (χ4n) is 7.41. The topological polar surface area (TPSA) is 120 Å². The number of benzene rings is 2. The van der Waals surface area contributed by atoms with Gasteiger partial charge >= 0.3 is 12.2 Å². The summed E-state index contributed by atoms with van der Waals surface area (Å²) in [7, 11) is 0. The van der Waals surface area contributed by atoms with Gasteiger partial charge in [0.2, 0.25) is 5.91 Å². The summed E-state index contributed by atoms with van der Waals surface area (Å²) in [6.45, 7) is 3.90. The van der Waals surface area contributed by atoms with Gasteiger partial charge in [0.15, 0.2) is 5.82 Å². The minimum absolute atomic E-state index is 0.0898. The third kappa shape index (κ3) is 5.07. The van der Waals surface area contributed by atoms with Crippen molar-refractivity contribution in [2.45, 2.75) is 50.9 Å². The summed E-state index contributed by atoms with van der Waals surface area (Å²) >= 11 is 0.709. The summed E-state index contributed by atoms with van der Waals surface area (Å²) in [4.78, 5) is 25.0. The molecule has 1 saturated carbocycles. The van der Waals surface area contributed by atoms with Gasteiger partial charge in [0.05, 0.1) is 15.8 Å². The number of halogens is 5. The first-order chi connectivity index (χ1) is 22.8. The second-order valence-electron chi connectivity index (χ2n) is 13.7. The van der Waals surface area contributed by atoms with Crippen molar-refractivity contribution >= 4 is 49.1 Å². The summed E-state index contributed by atoms with van der Waals surface area (Å²) in [5, 5.41) is 12.8. The van der Waals surface area contributed by atoms with E-state index in [1.54, 1.807) is 4.90 Å². The number of rotatable bonds is 6. The SMILES string of the molecule is CC1(COc2nc(N3CC4CCC(C3)N4)c3cc(C(F)(F)F)c(-c4ccc(F)c5sc(N)c(C#N)c45)c(F)c3n2)CN(C(=O)C2CC2)C1. The number of nitrogen functional groups attached to an aromatic ring is 1. The summed E-state index contributed by atoms with van der Waals surface area (Å²) in [5.74, 6) is -1.76. The lowest BCUT2D eigenvalue weighted by molar-refractivity contribution is -0.145. The normalized spacial score (nSPS) is 21.9. The minimum atomic E-state index is -5.04. The van der Waals surface area contributed by atoms with Gasteiger partial charge in [0.1, 0.15) is 34.8 Å². The highest BCUT2D eigenvalue weighted by Crippen LogP contribution is 2.48. The van der Waals surface area contributed by atoms with E-state index in [1.165, 1.54) is 0 Å². The third-order valence-electron chi connectivity index (χ3n) is 9.84. The molecule has 8 rings (SSSR count). The van der Waals surface area contributed by atoms with Gasteiger partial charge in [0.25, 0.3) is 0 Å². The minimum Gasteiger partial charge on any atom is -0.463 e. The van der Waals surface area contributed by atoms with Crippen LogP contribution in [-0.4, -0.2) is 65.6 Å². The van der Waals surface area contributed by atoms with E-state index in [-0.39, 0.29) is 73.9 Å². The van der Waals surface area contributed by atoms with E-state index in [1.807, 2.05) is 17.9 Å². The van der Waals surface area contributed by atoms with Crippen LogP contribution < -0.4 is 20.7 Å². The number of carbonyl (C=O) groups excluding carboxylic acids is 1. The van der Waals surface area contributed by atoms with Crippen LogP contribution in [0.2, 0.25) is 0 Å². The number of hydrogen-bond acceptors (Lipinski definition) is 9. The van der Waals surface area contributed by atoms with Crippen molar-refractivity contribution < 1.29 is 31.5 Å². The van der Waals surface area contributed by atoms with Crippen molar-refractivity contribution in [3.05, 3.63) is 41.0 Å². The largest absolute Gasteiger partial charge is 0.463 e. The van der Waals surface area contributed by atoms with Gasteiger partial charge in [-0.1, -0.05) is 13.0 Å².